The van der Waals surface area contributed by atoms with E-state index in [1.54, 1.807) is 0 Å². The first-order valence-electron chi connectivity index (χ1n) is 5.32. The minimum atomic E-state index is -1.30. The molecule has 6 nitrogen and oxygen atoms in total. The predicted octanol–water partition coefficient (Wildman–Crippen LogP) is -2.04. The highest BCUT2D eigenvalue weighted by atomic mass is 16.4. The zero-order valence-electron chi connectivity index (χ0n) is 9.77. The lowest BCUT2D eigenvalue weighted by Crippen LogP contribution is -2.65. The molecule has 0 aromatic carbocycles. The molecule has 0 aliphatic carbocycles. The van der Waals surface area contributed by atoms with Gasteiger partial charge in [-0.05, 0) is 20.8 Å². The van der Waals surface area contributed by atoms with Gasteiger partial charge in [-0.1, -0.05) is 0 Å². The Kier molecular flexibility index (Phi) is 3.90. The molecule has 4 atom stereocenters. The third-order valence-electron chi connectivity index (χ3n) is 2.41. The van der Waals surface area contributed by atoms with Gasteiger partial charge in [0.05, 0.1) is 6.10 Å². The Morgan fingerprint density at radius 1 is 1.25 bits per heavy atom. The molecule has 5 N–H and O–H groups in total. The number of aliphatic hydroxyl groups excluding tert-OH is 3. The number of β-amino-alcohol motifs (C(OH)–C–C–N with tert-alkyl or cyclic N) is 1. The van der Waals surface area contributed by atoms with Crippen molar-refractivity contribution in [3.05, 3.63) is 0 Å². The van der Waals surface area contributed by atoms with Gasteiger partial charge in [-0.2, -0.15) is 0 Å². The summed E-state index contributed by atoms with van der Waals surface area (Å²) in [5, 5.41) is 33.8. The molecule has 1 aliphatic rings. The summed E-state index contributed by atoms with van der Waals surface area (Å²) in [5.74, 6) is -0.383. The highest BCUT2D eigenvalue weighted by Gasteiger charge is 2.40. The number of amides is 1. The second-order valence-corrected chi connectivity index (χ2v) is 5.17. The fourth-order valence-corrected chi connectivity index (χ4v) is 1.61. The largest absolute Gasteiger partial charge is 0.389 e. The summed E-state index contributed by atoms with van der Waals surface area (Å²) in [6.45, 7) is 5.56. The first-order valence-corrected chi connectivity index (χ1v) is 5.32. The van der Waals surface area contributed by atoms with Crippen LogP contribution in [0.25, 0.3) is 0 Å². The molecule has 1 amide bonds. The summed E-state index contributed by atoms with van der Waals surface area (Å²) in [6, 6.07) is -0.891. The van der Waals surface area contributed by atoms with Crippen LogP contribution in [0.1, 0.15) is 20.8 Å². The Morgan fingerprint density at radius 2 is 1.81 bits per heavy atom. The van der Waals surface area contributed by atoms with Crippen molar-refractivity contribution in [1.82, 2.24) is 10.6 Å². The lowest BCUT2D eigenvalue weighted by molar-refractivity contribution is -0.138. The second kappa shape index (κ2) is 4.67. The topological polar surface area (TPSA) is 102 Å². The zero-order valence-corrected chi connectivity index (χ0v) is 9.77. The number of carbonyl (C=O) groups excluding carboxylic acids is 1. The van der Waals surface area contributed by atoms with Crippen molar-refractivity contribution >= 4 is 5.91 Å². The summed E-state index contributed by atoms with van der Waals surface area (Å²) in [4.78, 5) is 11.8. The van der Waals surface area contributed by atoms with Crippen molar-refractivity contribution in [1.29, 1.82) is 0 Å². The standard InChI is InChI=1S/C10H20N2O4/c1-10(2,3)12-9(16)6-8(15)7(14)5(13)4-11-6/h5-8,11,13-15H,4H2,1-3H3,(H,12,16)/t5-,6+,7-,8-/m1/s1. The van der Waals surface area contributed by atoms with E-state index in [1.807, 2.05) is 20.8 Å². The molecule has 1 aliphatic heterocycles. The number of piperidine rings is 1. The minimum Gasteiger partial charge on any atom is -0.389 e. The second-order valence-electron chi connectivity index (χ2n) is 5.17. The summed E-state index contributed by atoms with van der Waals surface area (Å²) in [6.07, 6.45) is -3.64. The number of rotatable bonds is 1. The molecule has 1 heterocycles. The van der Waals surface area contributed by atoms with Gasteiger partial charge in [-0.15, -0.1) is 0 Å². The highest BCUT2D eigenvalue weighted by molar-refractivity contribution is 5.83. The van der Waals surface area contributed by atoms with E-state index in [0.717, 1.165) is 0 Å². The molecule has 1 fully saturated rings. The molecule has 94 valence electrons. The van der Waals surface area contributed by atoms with Crippen LogP contribution in [-0.2, 0) is 4.79 Å². The number of aliphatic hydroxyl groups is 3. The molecule has 1 rings (SSSR count). The first-order chi connectivity index (χ1) is 7.22. The molecule has 0 saturated carbocycles. The van der Waals surface area contributed by atoms with Gasteiger partial charge in [-0.3, -0.25) is 4.79 Å². The summed E-state index contributed by atoms with van der Waals surface area (Å²) in [7, 11) is 0. The van der Waals surface area contributed by atoms with Crippen LogP contribution >= 0.6 is 0 Å². The van der Waals surface area contributed by atoms with Crippen LogP contribution < -0.4 is 10.6 Å². The summed E-state index contributed by atoms with van der Waals surface area (Å²) >= 11 is 0. The Balaban J connectivity index is 2.64. The fraction of sp³-hybridized carbons (Fsp3) is 0.900. The average molecular weight is 232 g/mol. The number of nitrogens with one attached hydrogen (secondary N) is 2. The maximum Gasteiger partial charge on any atom is 0.240 e. The molecule has 0 bridgehead atoms. The Hall–Kier alpha value is -0.690. The summed E-state index contributed by atoms with van der Waals surface area (Å²) < 4.78 is 0. The van der Waals surface area contributed by atoms with Crippen molar-refractivity contribution in [3.63, 3.8) is 0 Å². The highest BCUT2D eigenvalue weighted by Crippen LogP contribution is 2.12. The van der Waals surface area contributed by atoms with Crippen LogP contribution in [0.2, 0.25) is 0 Å². The van der Waals surface area contributed by atoms with Crippen LogP contribution in [0.4, 0.5) is 0 Å². The fourth-order valence-electron chi connectivity index (χ4n) is 1.61. The van der Waals surface area contributed by atoms with Crippen molar-refractivity contribution in [3.8, 4) is 0 Å². The first kappa shape index (κ1) is 13.4. The number of carbonyl (C=O) groups is 1. The monoisotopic (exact) mass is 232 g/mol. The van der Waals surface area contributed by atoms with Crippen LogP contribution in [0.15, 0.2) is 0 Å². The lowest BCUT2D eigenvalue weighted by atomic mass is 9.94. The van der Waals surface area contributed by atoms with E-state index in [-0.39, 0.29) is 12.5 Å². The molecule has 1 saturated heterocycles. The van der Waals surface area contributed by atoms with Gasteiger partial charge in [0, 0.05) is 12.1 Å². The van der Waals surface area contributed by atoms with E-state index in [2.05, 4.69) is 10.6 Å². The normalized spacial score (nSPS) is 35.9. The molecule has 16 heavy (non-hydrogen) atoms. The maximum atomic E-state index is 11.8. The maximum absolute atomic E-state index is 11.8. The van der Waals surface area contributed by atoms with Gasteiger partial charge >= 0.3 is 0 Å². The average Bonchev–Trinajstić information content (AvgIpc) is 2.11. The van der Waals surface area contributed by atoms with Gasteiger partial charge in [0.2, 0.25) is 5.91 Å². The van der Waals surface area contributed by atoms with Crippen molar-refractivity contribution in [2.75, 3.05) is 6.54 Å². The molecule has 0 aromatic rings. The van der Waals surface area contributed by atoms with E-state index in [1.165, 1.54) is 0 Å². The third kappa shape index (κ3) is 3.15. The van der Waals surface area contributed by atoms with Crippen LogP contribution in [0.5, 0.6) is 0 Å². The van der Waals surface area contributed by atoms with Crippen LogP contribution in [-0.4, -0.2) is 57.7 Å². The van der Waals surface area contributed by atoms with E-state index in [0.29, 0.717) is 0 Å². The molecule has 0 unspecified atom stereocenters. The zero-order chi connectivity index (χ0) is 12.5. The van der Waals surface area contributed by atoms with Gasteiger partial charge < -0.3 is 26.0 Å². The van der Waals surface area contributed by atoms with Crippen LogP contribution in [0, 0.1) is 0 Å². The molecule has 6 heteroatoms. The smallest absolute Gasteiger partial charge is 0.240 e. The number of hydrogen-bond acceptors (Lipinski definition) is 5. The van der Waals surface area contributed by atoms with Gasteiger partial charge in [0.15, 0.2) is 0 Å². The predicted molar refractivity (Wildman–Crippen MR) is 57.7 cm³/mol. The molecular weight excluding hydrogens is 212 g/mol. The third-order valence-corrected chi connectivity index (χ3v) is 2.41. The van der Waals surface area contributed by atoms with E-state index in [4.69, 9.17) is 0 Å². The Labute approximate surface area is 94.7 Å². The van der Waals surface area contributed by atoms with Gasteiger partial charge in [-0.25, -0.2) is 0 Å². The van der Waals surface area contributed by atoms with Gasteiger partial charge in [0.25, 0.3) is 0 Å². The SMILES string of the molecule is CC(C)(C)NC(=O)[C@H]1NC[C@@H](O)[C@@H](O)[C@@H]1O. The van der Waals surface area contributed by atoms with Crippen LogP contribution in [0.3, 0.4) is 0 Å². The molecular formula is C10H20N2O4. The summed E-state index contributed by atoms with van der Waals surface area (Å²) in [5.41, 5.74) is -0.403. The Bertz CT molecular complexity index is 264. The van der Waals surface area contributed by atoms with E-state index < -0.39 is 29.9 Å². The van der Waals surface area contributed by atoms with Crippen molar-refractivity contribution in [2.24, 2.45) is 0 Å². The molecule has 0 aromatic heterocycles. The van der Waals surface area contributed by atoms with Gasteiger partial charge in [0.1, 0.15) is 18.2 Å². The molecule has 0 spiro atoms. The minimum absolute atomic E-state index is 0.0838. The Morgan fingerprint density at radius 3 is 2.31 bits per heavy atom. The quantitative estimate of drug-likeness (QED) is 0.358. The van der Waals surface area contributed by atoms with E-state index in [9.17, 15) is 20.1 Å². The van der Waals surface area contributed by atoms with E-state index >= 15 is 0 Å². The lowest BCUT2D eigenvalue weighted by Gasteiger charge is -2.36. The number of hydrogen-bond donors (Lipinski definition) is 5. The molecule has 0 radical (unpaired) electrons. The van der Waals surface area contributed by atoms with Crippen molar-refractivity contribution in [2.45, 2.75) is 50.7 Å². The van der Waals surface area contributed by atoms with Crippen molar-refractivity contribution < 1.29 is 20.1 Å².